The van der Waals surface area contributed by atoms with Crippen LogP contribution in [0.5, 0.6) is 0 Å². The number of nitrogens with zero attached hydrogens (tertiary/aromatic N) is 2. The van der Waals surface area contributed by atoms with Gasteiger partial charge in [-0.25, -0.2) is 9.78 Å². The van der Waals surface area contributed by atoms with E-state index < -0.39 is 17.9 Å². The van der Waals surface area contributed by atoms with Crippen LogP contribution in [0.2, 0.25) is 0 Å². The van der Waals surface area contributed by atoms with Gasteiger partial charge in [0.15, 0.2) is 5.82 Å². The highest BCUT2D eigenvalue weighted by Gasteiger charge is 2.32. The lowest BCUT2D eigenvalue weighted by molar-refractivity contribution is -0.140. The SMILES string of the molecule is CCNc1ncc2c(n1)NC(=O)C(C(=O)O)N2. The molecule has 0 aromatic carbocycles. The first-order valence-electron chi connectivity index (χ1n) is 5.03. The lowest BCUT2D eigenvalue weighted by Gasteiger charge is -2.22. The average Bonchev–Trinajstić information content (AvgIpc) is 2.28. The van der Waals surface area contributed by atoms with Crippen molar-refractivity contribution in [3.05, 3.63) is 6.20 Å². The number of carbonyl (C=O) groups excluding carboxylic acids is 1. The molecular formula is C9H11N5O3. The van der Waals surface area contributed by atoms with Crippen molar-refractivity contribution in [3.8, 4) is 0 Å². The van der Waals surface area contributed by atoms with Crippen molar-refractivity contribution in [1.29, 1.82) is 0 Å². The quantitative estimate of drug-likeness (QED) is 0.534. The van der Waals surface area contributed by atoms with Gasteiger partial charge in [-0.3, -0.25) is 4.79 Å². The molecule has 0 aliphatic carbocycles. The van der Waals surface area contributed by atoms with Gasteiger partial charge in [0.25, 0.3) is 5.91 Å². The molecule has 0 saturated carbocycles. The molecule has 17 heavy (non-hydrogen) atoms. The molecule has 90 valence electrons. The summed E-state index contributed by atoms with van der Waals surface area (Å²) in [6.07, 6.45) is 1.43. The molecule has 1 aromatic rings. The van der Waals surface area contributed by atoms with Crippen LogP contribution in [0, 0.1) is 0 Å². The summed E-state index contributed by atoms with van der Waals surface area (Å²) < 4.78 is 0. The molecule has 1 unspecified atom stereocenters. The predicted octanol–water partition coefficient (Wildman–Crippen LogP) is -0.274. The second kappa shape index (κ2) is 4.24. The van der Waals surface area contributed by atoms with Crippen molar-refractivity contribution in [2.24, 2.45) is 0 Å². The fraction of sp³-hybridized carbons (Fsp3) is 0.333. The average molecular weight is 237 g/mol. The molecule has 0 spiro atoms. The number of carboxylic acid groups (broad SMARTS) is 1. The van der Waals surface area contributed by atoms with Crippen molar-refractivity contribution in [3.63, 3.8) is 0 Å². The van der Waals surface area contributed by atoms with E-state index in [1.54, 1.807) is 0 Å². The van der Waals surface area contributed by atoms with Crippen LogP contribution < -0.4 is 16.0 Å². The molecule has 0 fully saturated rings. The fourth-order valence-electron chi connectivity index (χ4n) is 1.41. The van der Waals surface area contributed by atoms with Crippen LogP contribution in [0.1, 0.15) is 6.92 Å². The minimum Gasteiger partial charge on any atom is -0.479 e. The molecule has 8 nitrogen and oxygen atoms in total. The Labute approximate surface area is 96.5 Å². The standard InChI is InChI=1S/C9H11N5O3/c1-2-10-9-11-3-4-6(14-9)13-7(15)5(12-4)8(16)17/h3,5,12H,2H2,1H3,(H,16,17)(H2,10,11,13,14,15). The number of carbonyl (C=O) groups is 2. The maximum absolute atomic E-state index is 11.4. The van der Waals surface area contributed by atoms with Gasteiger partial charge < -0.3 is 21.1 Å². The molecule has 8 heteroatoms. The van der Waals surface area contributed by atoms with Crippen molar-refractivity contribution in [2.45, 2.75) is 13.0 Å². The first kappa shape index (κ1) is 11.1. The number of aliphatic carboxylic acids is 1. The highest BCUT2D eigenvalue weighted by molar-refractivity contribution is 6.13. The van der Waals surface area contributed by atoms with Gasteiger partial charge in [0.1, 0.15) is 0 Å². The van der Waals surface area contributed by atoms with Crippen LogP contribution in [0.25, 0.3) is 0 Å². The molecule has 0 saturated heterocycles. The number of nitrogens with one attached hydrogen (secondary N) is 3. The number of amides is 1. The summed E-state index contributed by atoms with van der Waals surface area (Å²) >= 11 is 0. The van der Waals surface area contributed by atoms with Crippen LogP contribution in [0.15, 0.2) is 6.20 Å². The van der Waals surface area contributed by atoms with E-state index in [1.165, 1.54) is 6.20 Å². The molecule has 1 aromatic heterocycles. The third-order valence-corrected chi connectivity index (χ3v) is 2.17. The summed E-state index contributed by atoms with van der Waals surface area (Å²) in [5.41, 5.74) is 0.388. The first-order valence-corrected chi connectivity index (χ1v) is 5.03. The Bertz CT molecular complexity index is 476. The van der Waals surface area contributed by atoms with Crippen molar-refractivity contribution in [2.75, 3.05) is 22.5 Å². The molecule has 4 N–H and O–H groups in total. The molecule has 1 amide bonds. The normalized spacial score (nSPS) is 17.7. The summed E-state index contributed by atoms with van der Waals surface area (Å²) in [6, 6.07) is -1.31. The summed E-state index contributed by atoms with van der Waals surface area (Å²) in [7, 11) is 0. The zero-order chi connectivity index (χ0) is 12.4. The van der Waals surface area contributed by atoms with Gasteiger partial charge >= 0.3 is 5.97 Å². The third kappa shape index (κ3) is 2.10. The fourth-order valence-corrected chi connectivity index (χ4v) is 1.41. The number of hydrogen-bond acceptors (Lipinski definition) is 6. The molecule has 1 aliphatic heterocycles. The van der Waals surface area contributed by atoms with Crippen molar-refractivity contribution >= 4 is 29.3 Å². The van der Waals surface area contributed by atoms with Gasteiger partial charge in [-0.15, -0.1) is 0 Å². The maximum Gasteiger partial charge on any atom is 0.336 e. The highest BCUT2D eigenvalue weighted by Crippen LogP contribution is 2.24. The Morgan fingerprint density at radius 2 is 2.41 bits per heavy atom. The number of hydrogen-bond donors (Lipinski definition) is 4. The zero-order valence-electron chi connectivity index (χ0n) is 9.02. The van der Waals surface area contributed by atoms with Gasteiger partial charge in [0.05, 0.1) is 11.9 Å². The van der Waals surface area contributed by atoms with E-state index in [0.717, 1.165) is 0 Å². The summed E-state index contributed by atoms with van der Waals surface area (Å²) in [4.78, 5) is 30.2. The minimum atomic E-state index is -1.31. The van der Waals surface area contributed by atoms with Crippen LogP contribution in [0.4, 0.5) is 17.5 Å². The van der Waals surface area contributed by atoms with Crippen LogP contribution in [-0.4, -0.2) is 39.5 Å². The topological polar surface area (TPSA) is 116 Å². The number of aromatic nitrogens is 2. The largest absolute Gasteiger partial charge is 0.479 e. The van der Waals surface area contributed by atoms with Gasteiger partial charge in [-0.1, -0.05) is 0 Å². The molecule has 0 radical (unpaired) electrons. The van der Waals surface area contributed by atoms with Gasteiger partial charge in [-0.05, 0) is 6.92 Å². The Balaban J connectivity index is 2.28. The summed E-state index contributed by atoms with van der Waals surface area (Å²) in [6.45, 7) is 2.54. The van der Waals surface area contributed by atoms with Crippen LogP contribution >= 0.6 is 0 Å². The molecular weight excluding hydrogens is 226 g/mol. The summed E-state index contributed by atoms with van der Waals surface area (Å²) in [5.74, 6) is -1.24. The zero-order valence-corrected chi connectivity index (χ0v) is 9.02. The minimum absolute atomic E-state index is 0.276. The lowest BCUT2D eigenvalue weighted by Crippen LogP contribution is -2.44. The molecule has 2 heterocycles. The Hall–Kier alpha value is -2.38. The maximum atomic E-state index is 11.4. The summed E-state index contributed by atoms with van der Waals surface area (Å²) in [5, 5.41) is 16.7. The van der Waals surface area contributed by atoms with Gasteiger partial charge in [0, 0.05) is 6.54 Å². The van der Waals surface area contributed by atoms with Crippen LogP contribution in [-0.2, 0) is 9.59 Å². The van der Waals surface area contributed by atoms with E-state index >= 15 is 0 Å². The molecule has 1 atom stereocenters. The van der Waals surface area contributed by atoms with Crippen molar-refractivity contribution in [1.82, 2.24) is 9.97 Å². The van der Waals surface area contributed by atoms with Gasteiger partial charge in [-0.2, -0.15) is 4.98 Å². The van der Waals surface area contributed by atoms with E-state index in [1.807, 2.05) is 6.92 Å². The first-order chi connectivity index (χ1) is 8.11. The smallest absolute Gasteiger partial charge is 0.336 e. The Morgan fingerprint density at radius 1 is 1.65 bits per heavy atom. The highest BCUT2D eigenvalue weighted by atomic mass is 16.4. The third-order valence-electron chi connectivity index (χ3n) is 2.17. The number of anilines is 3. The monoisotopic (exact) mass is 237 g/mol. The predicted molar refractivity (Wildman–Crippen MR) is 59.9 cm³/mol. The number of fused-ring (bicyclic) bond motifs is 1. The van der Waals surface area contributed by atoms with E-state index in [9.17, 15) is 9.59 Å². The van der Waals surface area contributed by atoms with Crippen molar-refractivity contribution < 1.29 is 14.7 Å². The van der Waals surface area contributed by atoms with Crippen LogP contribution in [0.3, 0.4) is 0 Å². The van der Waals surface area contributed by atoms with E-state index in [4.69, 9.17) is 5.11 Å². The number of carboxylic acids is 1. The second-order valence-corrected chi connectivity index (χ2v) is 3.39. The Morgan fingerprint density at radius 3 is 3.06 bits per heavy atom. The Kier molecular flexibility index (Phi) is 2.77. The molecule has 0 bridgehead atoms. The number of rotatable bonds is 3. The van der Waals surface area contributed by atoms with E-state index in [2.05, 4.69) is 25.9 Å². The van der Waals surface area contributed by atoms with E-state index in [-0.39, 0.29) is 5.82 Å². The molecule has 2 rings (SSSR count). The van der Waals surface area contributed by atoms with E-state index in [0.29, 0.717) is 18.2 Å². The second-order valence-electron chi connectivity index (χ2n) is 3.39. The lowest BCUT2D eigenvalue weighted by atomic mass is 10.2. The molecule has 1 aliphatic rings. The van der Waals surface area contributed by atoms with Gasteiger partial charge in [0.2, 0.25) is 12.0 Å².